The van der Waals surface area contributed by atoms with Crippen LogP contribution in [0.1, 0.15) is 48.6 Å². The third kappa shape index (κ3) is 2.16. The summed E-state index contributed by atoms with van der Waals surface area (Å²) in [6.45, 7) is 8.00. The molecule has 78 valence electrons. The van der Waals surface area contributed by atoms with E-state index in [0.717, 1.165) is 5.76 Å². The lowest BCUT2D eigenvalue weighted by Gasteiger charge is -1.97. The topological polar surface area (TPSA) is 39.4 Å². The summed E-state index contributed by atoms with van der Waals surface area (Å²) in [6, 6.07) is 1.76. The van der Waals surface area contributed by atoms with Gasteiger partial charge in [0.25, 0.3) is 0 Å². The second-order valence-electron chi connectivity index (χ2n) is 3.49. The van der Waals surface area contributed by atoms with Gasteiger partial charge in [-0.3, -0.25) is 0 Å². The van der Waals surface area contributed by atoms with Gasteiger partial charge in [-0.25, -0.2) is 4.79 Å². The van der Waals surface area contributed by atoms with E-state index < -0.39 is 0 Å². The Bertz CT molecular complexity index is 323. The average Bonchev–Trinajstić information content (AvgIpc) is 2.48. The molecule has 14 heavy (non-hydrogen) atoms. The smallest absolute Gasteiger partial charge is 0.341 e. The third-order valence-corrected chi connectivity index (χ3v) is 2.00. The molecule has 0 aliphatic heterocycles. The minimum atomic E-state index is -0.305. The molecular weight excluding hydrogens is 180 g/mol. The van der Waals surface area contributed by atoms with Crippen LogP contribution in [0.3, 0.4) is 0 Å². The SMILES string of the molecule is CCOC(=O)c1cc(C(C)C)oc1C. The number of aryl methyl sites for hydroxylation is 1. The first-order valence-electron chi connectivity index (χ1n) is 4.83. The van der Waals surface area contributed by atoms with E-state index in [1.165, 1.54) is 0 Å². The molecule has 0 saturated carbocycles. The van der Waals surface area contributed by atoms with Crippen LogP contribution in [0.15, 0.2) is 10.5 Å². The molecule has 3 heteroatoms. The highest BCUT2D eigenvalue weighted by Gasteiger charge is 2.16. The molecule has 0 fully saturated rings. The van der Waals surface area contributed by atoms with Crippen LogP contribution < -0.4 is 0 Å². The molecule has 0 atom stereocenters. The van der Waals surface area contributed by atoms with Gasteiger partial charge < -0.3 is 9.15 Å². The Kier molecular flexibility index (Phi) is 3.33. The summed E-state index contributed by atoms with van der Waals surface area (Å²) >= 11 is 0. The van der Waals surface area contributed by atoms with Gasteiger partial charge in [-0.05, 0) is 19.9 Å². The van der Waals surface area contributed by atoms with Crippen LogP contribution >= 0.6 is 0 Å². The number of carbonyl (C=O) groups excluding carboxylic acids is 1. The van der Waals surface area contributed by atoms with Crippen molar-refractivity contribution in [2.75, 3.05) is 6.61 Å². The number of furan rings is 1. The van der Waals surface area contributed by atoms with E-state index in [-0.39, 0.29) is 11.9 Å². The molecule has 0 radical (unpaired) electrons. The van der Waals surface area contributed by atoms with Gasteiger partial charge in [-0.1, -0.05) is 13.8 Å². The monoisotopic (exact) mass is 196 g/mol. The normalized spacial score (nSPS) is 10.6. The van der Waals surface area contributed by atoms with Gasteiger partial charge in [0.15, 0.2) is 0 Å². The Morgan fingerprint density at radius 1 is 1.57 bits per heavy atom. The van der Waals surface area contributed by atoms with Gasteiger partial charge in [-0.2, -0.15) is 0 Å². The van der Waals surface area contributed by atoms with Crippen molar-refractivity contribution in [1.29, 1.82) is 0 Å². The van der Waals surface area contributed by atoms with Crippen molar-refractivity contribution in [2.24, 2.45) is 0 Å². The van der Waals surface area contributed by atoms with E-state index in [1.54, 1.807) is 19.9 Å². The van der Waals surface area contributed by atoms with Crippen molar-refractivity contribution < 1.29 is 13.9 Å². The molecule has 3 nitrogen and oxygen atoms in total. The van der Waals surface area contributed by atoms with Gasteiger partial charge in [0.1, 0.15) is 17.1 Å². The van der Waals surface area contributed by atoms with Crippen LogP contribution in [0.2, 0.25) is 0 Å². The number of hydrogen-bond donors (Lipinski definition) is 0. The molecule has 0 amide bonds. The molecule has 0 aliphatic rings. The molecule has 0 aliphatic carbocycles. The van der Waals surface area contributed by atoms with Crippen LogP contribution in [0.4, 0.5) is 0 Å². The molecule has 0 N–H and O–H groups in total. The first-order chi connectivity index (χ1) is 6.56. The molecule has 1 heterocycles. The average molecular weight is 196 g/mol. The Hall–Kier alpha value is -1.25. The zero-order chi connectivity index (χ0) is 10.7. The maximum atomic E-state index is 11.4. The maximum absolute atomic E-state index is 11.4. The van der Waals surface area contributed by atoms with Crippen molar-refractivity contribution in [3.8, 4) is 0 Å². The lowest BCUT2D eigenvalue weighted by atomic mass is 10.1. The highest BCUT2D eigenvalue weighted by atomic mass is 16.5. The van der Waals surface area contributed by atoms with Crippen LogP contribution in [0, 0.1) is 6.92 Å². The Morgan fingerprint density at radius 2 is 2.21 bits per heavy atom. The Balaban J connectivity index is 2.92. The number of rotatable bonds is 3. The molecule has 0 saturated heterocycles. The lowest BCUT2D eigenvalue weighted by Crippen LogP contribution is -2.04. The van der Waals surface area contributed by atoms with Gasteiger partial charge in [0.2, 0.25) is 0 Å². The summed E-state index contributed by atoms with van der Waals surface area (Å²) in [5, 5.41) is 0. The highest BCUT2D eigenvalue weighted by molar-refractivity contribution is 5.90. The molecule has 1 rings (SSSR count). The van der Waals surface area contributed by atoms with Crippen molar-refractivity contribution in [2.45, 2.75) is 33.6 Å². The summed E-state index contributed by atoms with van der Waals surface area (Å²) in [7, 11) is 0. The zero-order valence-corrected chi connectivity index (χ0v) is 9.09. The van der Waals surface area contributed by atoms with E-state index >= 15 is 0 Å². The van der Waals surface area contributed by atoms with Crippen LogP contribution in [0.25, 0.3) is 0 Å². The van der Waals surface area contributed by atoms with Gasteiger partial charge in [-0.15, -0.1) is 0 Å². The second kappa shape index (κ2) is 4.31. The van der Waals surface area contributed by atoms with E-state index in [1.807, 2.05) is 13.8 Å². The third-order valence-electron chi connectivity index (χ3n) is 2.00. The van der Waals surface area contributed by atoms with E-state index in [4.69, 9.17) is 9.15 Å². The quantitative estimate of drug-likeness (QED) is 0.698. The molecule has 0 bridgehead atoms. The minimum absolute atomic E-state index is 0.289. The number of hydrogen-bond acceptors (Lipinski definition) is 3. The fourth-order valence-corrected chi connectivity index (χ4v) is 1.20. The van der Waals surface area contributed by atoms with Crippen molar-refractivity contribution in [3.05, 3.63) is 23.2 Å². The van der Waals surface area contributed by atoms with Gasteiger partial charge in [0, 0.05) is 5.92 Å². The summed E-state index contributed by atoms with van der Waals surface area (Å²) in [5.41, 5.74) is 0.538. The standard InChI is InChI=1S/C11H16O3/c1-5-13-11(12)9-6-10(7(2)3)14-8(9)4/h6-7H,5H2,1-4H3. The van der Waals surface area contributed by atoms with E-state index in [0.29, 0.717) is 17.9 Å². The first-order valence-corrected chi connectivity index (χ1v) is 4.83. The van der Waals surface area contributed by atoms with Crippen molar-refractivity contribution >= 4 is 5.97 Å². The summed E-state index contributed by atoms with van der Waals surface area (Å²) in [5.74, 6) is 1.44. The van der Waals surface area contributed by atoms with Crippen molar-refractivity contribution in [3.63, 3.8) is 0 Å². The summed E-state index contributed by atoms with van der Waals surface area (Å²) < 4.78 is 10.3. The van der Waals surface area contributed by atoms with Gasteiger partial charge >= 0.3 is 5.97 Å². The Morgan fingerprint density at radius 3 is 2.64 bits per heavy atom. The summed E-state index contributed by atoms with van der Waals surface area (Å²) in [4.78, 5) is 11.4. The molecule has 0 aromatic carbocycles. The molecule has 1 aromatic rings. The Labute approximate surface area is 84.1 Å². The predicted octanol–water partition coefficient (Wildman–Crippen LogP) is 2.89. The predicted molar refractivity (Wildman–Crippen MR) is 53.5 cm³/mol. The van der Waals surface area contributed by atoms with E-state index in [9.17, 15) is 4.79 Å². The molecule has 0 spiro atoms. The van der Waals surface area contributed by atoms with Crippen molar-refractivity contribution in [1.82, 2.24) is 0 Å². The minimum Gasteiger partial charge on any atom is -0.465 e. The van der Waals surface area contributed by atoms with Crippen LogP contribution in [0.5, 0.6) is 0 Å². The second-order valence-corrected chi connectivity index (χ2v) is 3.49. The molecule has 0 unspecified atom stereocenters. The molecule has 1 aromatic heterocycles. The largest absolute Gasteiger partial charge is 0.465 e. The molecular formula is C11H16O3. The highest BCUT2D eigenvalue weighted by Crippen LogP contribution is 2.22. The first kappa shape index (κ1) is 10.8. The van der Waals surface area contributed by atoms with Crippen LogP contribution in [-0.4, -0.2) is 12.6 Å². The summed E-state index contributed by atoms with van der Waals surface area (Å²) in [6.07, 6.45) is 0. The number of ether oxygens (including phenoxy) is 1. The zero-order valence-electron chi connectivity index (χ0n) is 9.09. The fraction of sp³-hybridized carbons (Fsp3) is 0.545. The van der Waals surface area contributed by atoms with Crippen LogP contribution in [-0.2, 0) is 4.74 Å². The number of esters is 1. The maximum Gasteiger partial charge on any atom is 0.341 e. The van der Waals surface area contributed by atoms with Gasteiger partial charge in [0.05, 0.1) is 6.61 Å². The fourth-order valence-electron chi connectivity index (χ4n) is 1.20. The lowest BCUT2D eigenvalue weighted by molar-refractivity contribution is 0.0524. The van der Waals surface area contributed by atoms with E-state index in [2.05, 4.69) is 0 Å². The number of carbonyl (C=O) groups is 1.